The molecule has 1 aliphatic heterocycles. The van der Waals surface area contributed by atoms with Gasteiger partial charge in [-0.25, -0.2) is 4.98 Å². The maximum Gasteiger partial charge on any atom is 0.313 e. The van der Waals surface area contributed by atoms with E-state index in [0.29, 0.717) is 0 Å². The van der Waals surface area contributed by atoms with Gasteiger partial charge in [0.1, 0.15) is 18.3 Å². The molecule has 1 aliphatic rings. The van der Waals surface area contributed by atoms with E-state index in [-0.39, 0.29) is 50.2 Å². The summed E-state index contributed by atoms with van der Waals surface area (Å²) in [7, 11) is -0.318. The molecular weight excluding hydrogens is 389 g/mol. The van der Waals surface area contributed by atoms with E-state index in [1.54, 1.807) is 0 Å². The quantitative estimate of drug-likeness (QED) is 0.279. The number of nitrogen functional groups attached to an aromatic ring is 1. The van der Waals surface area contributed by atoms with E-state index in [2.05, 4.69) is 15.0 Å². The Labute approximate surface area is 151 Å². The highest BCUT2D eigenvalue weighted by Gasteiger charge is 2.33. The molecule has 2 aromatic rings. The van der Waals surface area contributed by atoms with Crippen LogP contribution in [0.1, 0.15) is 0 Å². The number of carboxylic acid groups (broad SMARTS) is 1. The van der Waals surface area contributed by atoms with Crippen molar-refractivity contribution in [2.24, 2.45) is 0 Å². The van der Waals surface area contributed by atoms with Crippen LogP contribution in [0, 0.1) is 0 Å². The molecule has 142 valence electrons. The van der Waals surface area contributed by atoms with Gasteiger partial charge in [0.05, 0.1) is 18.9 Å². The van der Waals surface area contributed by atoms with Crippen molar-refractivity contribution < 1.29 is 29.2 Å². The van der Waals surface area contributed by atoms with Gasteiger partial charge in [-0.05, 0) is 0 Å². The van der Waals surface area contributed by atoms with Gasteiger partial charge in [0.15, 0.2) is 25.4 Å². The summed E-state index contributed by atoms with van der Waals surface area (Å²) in [6.07, 6.45) is -3.11. The summed E-state index contributed by atoms with van der Waals surface area (Å²) < 4.78 is 11.6. The van der Waals surface area contributed by atoms with E-state index in [4.69, 9.17) is 19.9 Å². The molecule has 4 atom stereocenters. The molecule has 0 aliphatic carbocycles. The lowest BCUT2D eigenvalue weighted by Gasteiger charge is -2.31. The molecule has 0 amide bonds. The van der Waals surface area contributed by atoms with Crippen LogP contribution in [-0.4, -0.2) is 71.5 Å². The van der Waals surface area contributed by atoms with Crippen molar-refractivity contribution in [1.82, 2.24) is 19.5 Å². The van der Waals surface area contributed by atoms with Crippen LogP contribution in [0.4, 0.5) is 5.95 Å². The summed E-state index contributed by atoms with van der Waals surface area (Å²) in [6, 6.07) is 0. The molecule has 4 unspecified atom stereocenters. The minimum absolute atomic E-state index is 0.0241. The number of fused-ring (bicyclic) bond motifs is 1. The first-order chi connectivity index (χ1) is 12.4. The molecule has 14 heteroatoms. The van der Waals surface area contributed by atoms with E-state index < -0.39 is 29.8 Å². The predicted octanol–water partition coefficient (Wildman–Crippen LogP) is -1.48. The van der Waals surface area contributed by atoms with Crippen molar-refractivity contribution in [3.8, 4) is 0 Å². The zero-order valence-electron chi connectivity index (χ0n) is 13.2. The largest absolute Gasteiger partial charge is 0.481 e. The number of nitrogens with zero attached hydrogens (tertiary/aromatic N) is 3. The molecule has 6 N–H and O–H groups in total. The smallest absolute Gasteiger partial charge is 0.313 e. The molecule has 3 rings (SSSR count). The summed E-state index contributed by atoms with van der Waals surface area (Å²) >= 11 is 0.866. The Kier molecular flexibility index (Phi) is 5.75. The number of aliphatic hydroxyl groups excluding tert-OH is 2. The summed E-state index contributed by atoms with van der Waals surface area (Å²) in [5, 5.41) is 29.4. The number of aromatic nitrogens is 4. The fourth-order valence-electron chi connectivity index (χ4n) is 2.42. The van der Waals surface area contributed by atoms with Crippen LogP contribution in [0.15, 0.2) is 9.95 Å². The van der Waals surface area contributed by atoms with Gasteiger partial charge < -0.3 is 34.7 Å². The molecule has 0 spiro atoms. The first-order valence-corrected chi connectivity index (χ1v) is 9.16. The summed E-state index contributed by atoms with van der Waals surface area (Å²) in [4.78, 5) is 33.3. The topological polar surface area (TPSA) is 186 Å². The number of H-pyrrole nitrogens is 1. The van der Waals surface area contributed by atoms with Gasteiger partial charge in [-0.15, -0.1) is 0 Å². The van der Waals surface area contributed by atoms with E-state index >= 15 is 0 Å². The lowest BCUT2D eigenvalue weighted by atomic mass is 10.1. The Morgan fingerprint density at radius 1 is 1.54 bits per heavy atom. The second-order valence-corrected chi connectivity index (χ2v) is 7.06. The van der Waals surface area contributed by atoms with Gasteiger partial charge in [0.2, 0.25) is 5.95 Å². The Morgan fingerprint density at radius 2 is 2.31 bits per heavy atom. The van der Waals surface area contributed by atoms with Crippen LogP contribution in [0.5, 0.6) is 0 Å². The molecule has 0 aromatic carbocycles. The average Bonchev–Trinajstić information content (AvgIpc) is 2.91. The fraction of sp³-hybridized carbons (Fsp3) is 0.500. The molecule has 0 bridgehead atoms. The predicted molar refractivity (Wildman–Crippen MR) is 92.1 cm³/mol. The van der Waals surface area contributed by atoms with Crippen molar-refractivity contribution >= 4 is 43.9 Å². The number of nitrogens with two attached hydrogens (primary N) is 1. The normalized spacial score (nSPS) is 22.7. The maximum absolute atomic E-state index is 12.0. The Bertz CT molecular complexity index is 874. The molecular formula is C12H16N5O7PS. The van der Waals surface area contributed by atoms with Crippen molar-refractivity contribution in [3.05, 3.63) is 10.4 Å². The van der Waals surface area contributed by atoms with Crippen molar-refractivity contribution in [2.45, 2.75) is 30.0 Å². The number of hydrogen-bond acceptors (Lipinski definition) is 10. The van der Waals surface area contributed by atoms with Gasteiger partial charge in [-0.3, -0.25) is 14.6 Å². The third kappa shape index (κ3) is 3.98. The molecule has 1 fully saturated rings. The monoisotopic (exact) mass is 405 g/mol. The highest BCUT2D eigenvalue weighted by Crippen LogP contribution is 2.29. The molecule has 1 saturated heterocycles. The highest BCUT2D eigenvalue weighted by molar-refractivity contribution is 7.99. The zero-order valence-corrected chi connectivity index (χ0v) is 15.0. The van der Waals surface area contributed by atoms with Gasteiger partial charge in [-0.2, -0.15) is 4.98 Å². The van der Waals surface area contributed by atoms with E-state index in [0.717, 1.165) is 11.8 Å². The Balaban J connectivity index is 1.97. The molecule has 12 nitrogen and oxygen atoms in total. The first-order valence-electron chi connectivity index (χ1n) is 7.36. The number of anilines is 1. The molecule has 26 heavy (non-hydrogen) atoms. The van der Waals surface area contributed by atoms with Crippen molar-refractivity contribution in [1.29, 1.82) is 0 Å². The van der Waals surface area contributed by atoms with Crippen LogP contribution in [0.3, 0.4) is 0 Å². The van der Waals surface area contributed by atoms with Crippen LogP contribution >= 0.6 is 20.8 Å². The van der Waals surface area contributed by atoms with Crippen LogP contribution < -0.4 is 11.3 Å². The summed E-state index contributed by atoms with van der Waals surface area (Å²) in [5.74, 6) is -1.51. The number of thioether (sulfide) groups is 1. The number of imidazole rings is 1. The van der Waals surface area contributed by atoms with Crippen molar-refractivity contribution in [2.75, 3.05) is 18.1 Å². The van der Waals surface area contributed by atoms with Gasteiger partial charge in [0.25, 0.3) is 5.56 Å². The number of nitrogens with one attached hydrogen (secondary N) is 1. The first kappa shape index (κ1) is 19.0. The summed E-state index contributed by atoms with van der Waals surface area (Å²) in [6.45, 7) is -0.114. The number of aliphatic hydroxyl groups is 2. The van der Waals surface area contributed by atoms with Crippen LogP contribution in [0.2, 0.25) is 0 Å². The second kappa shape index (κ2) is 7.86. The zero-order chi connectivity index (χ0) is 18.8. The third-order valence-corrected chi connectivity index (χ3v) is 5.15. The molecule has 3 heterocycles. The van der Waals surface area contributed by atoms with Crippen LogP contribution in [0.25, 0.3) is 11.2 Å². The standard InChI is InChI=1S/C12H16N5O7PS/c13-11-15-9-7(10(22)16-11)14-12(26-3-6(20)21)17(9)1-4(18)8-5(19)2-23-25-24-8/h4-5,8,18-19,25H,1-3H2,(H,20,21)(H3,13,15,16,22). The summed E-state index contributed by atoms with van der Waals surface area (Å²) in [5.41, 5.74) is 5.05. The van der Waals surface area contributed by atoms with Gasteiger partial charge in [0, 0.05) is 0 Å². The Morgan fingerprint density at radius 3 is 3.00 bits per heavy atom. The van der Waals surface area contributed by atoms with E-state index in [1.807, 2.05) is 0 Å². The SMILES string of the molecule is Nc1nc2c(nc(SCC(=O)O)n2CC(O)C2OPOCC2O)c(=O)[nH]1. The fourth-order valence-corrected chi connectivity index (χ4v) is 3.87. The lowest BCUT2D eigenvalue weighted by Crippen LogP contribution is -2.44. The van der Waals surface area contributed by atoms with E-state index in [9.17, 15) is 19.8 Å². The third-order valence-electron chi connectivity index (χ3n) is 3.54. The molecule has 0 saturated carbocycles. The van der Waals surface area contributed by atoms with Gasteiger partial charge >= 0.3 is 5.97 Å². The van der Waals surface area contributed by atoms with Crippen molar-refractivity contribution in [3.63, 3.8) is 0 Å². The number of carbonyl (C=O) groups is 1. The minimum atomic E-state index is -1.18. The lowest BCUT2D eigenvalue weighted by molar-refractivity contribution is -0.133. The Hall–Kier alpha value is -1.76. The average molecular weight is 405 g/mol. The maximum atomic E-state index is 12.0. The number of carboxylic acids is 1. The van der Waals surface area contributed by atoms with Gasteiger partial charge in [-0.1, -0.05) is 11.8 Å². The minimum Gasteiger partial charge on any atom is -0.481 e. The van der Waals surface area contributed by atoms with Crippen LogP contribution in [-0.2, 0) is 20.4 Å². The number of aliphatic carboxylic acids is 1. The number of hydrogen-bond donors (Lipinski definition) is 5. The molecule has 0 radical (unpaired) electrons. The second-order valence-electron chi connectivity index (χ2n) is 5.42. The molecule has 2 aromatic heterocycles. The highest BCUT2D eigenvalue weighted by atomic mass is 32.2. The number of aromatic amines is 1. The van der Waals surface area contributed by atoms with E-state index in [1.165, 1.54) is 4.57 Å². The number of rotatable bonds is 6.